The minimum Gasteiger partial charge on any atom is -0.351 e. The summed E-state index contributed by atoms with van der Waals surface area (Å²) in [6.07, 6.45) is 12.4. The van der Waals surface area contributed by atoms with Gasteiger partial charge in [-0.05, 0) is 52.4 Å². The van der Waals surface area contributed by atoms with E-state index in [0.717, 1.165) is 49.9 Å². The Morgan fingerprint density at radius 1 is 1.09 bits per heavy atom. The fourth-order valence-electron chi connectivity index (χ4n) is 5.82. The molecule has 4 aliphatic rings. The van der Waals surface area contributed by atoms with Crippen molar-refractivity contribution in [2.45, 2.75) is 93.7 Å². The number of piperidine rings is 1. The lowest BCUT2D eigenvalue weighted by Gasteiger charge is -2.31. The average molecular weight is 500 g/mol. The van der Waals surface area contributed by atoms with Gasteiger partial charge >= 0.3 is 0 Å². The van der Waals surface area contributed by atoms with Crippen molar-refractivity contribution in [1.29, 1.82) is 0 Å². The normalized spacial score (nSPS) is 22.9. The molecule has 11 heteroatoms. The lowest BCUT2D eigenvalue weighted by Crippen LogP contribution is -2.42. The van der Waals surface area contributed by atoms with Gasteiger partial charge in [-0.3, -0.25) is 14.4 Å². The molecule has 0 atom stereocenters. The third-order valence-corrected chi connectivity index (χ3v) is 9.96. The maximum absolute atomic E-state index is 13.3. The van der Waals surface area contributed by atoms with E-state index < -0.39 is 10.0 Å². The Kier molecular flexibility index (Phi) is 5.41. The smallest absolute Gasteiger partial charge is 0.246 e. The third-order valence-electron chi connectivity index (χ3n) is 8.11. The molecule has 2 aliphatic heterocycles. The molecule has 1 spiro atoms. The van der Waals surface area contributed by atoms with Crippen LogP contribution in [0.3, 0.4) is 0 Å². The van der Waals surface area contributed by atoms with Crippen LogP contribution >= 0.6 is 0 Å². The number of rotatable bonds is 6. The molecule has 6 rings (SSSR count). The number of hydrogen-bond donors (Lipinski definition) is 1. The van der Waals surface area contributed by atoms with Crippen LogP contribution in [0.25, 0.3) is 0 Å². The van der Waals surface area contributed by atoms with Gasteiger partial charge in [-0.1, -0.05) is 12.8 Å². The number of nitrogens with one attached hydrogen (secondary N) is 1. The minimum absolute atomic E-state index is 0.0739. The summed E-state index contributed by atoms with van der Waals surface area (Å²) in [6.45, 7) is 4.78. The molecule has 2 aliphatic carbocycles. The quantitative estimate of drug-likeness (QED) is 0.650. The topological polar surface area (TPSA) is 113 Å². The zero-order chi connectivity index (χ0) is 24.4. The fraction of sp³-hybridized carbons (Fsp3) is 0.667. The molecular formula is C24H33N7O3S. The Balaban J connectivity index is 1.14. The predicted octanol–water partition coefficient (Wildman–Crippen LogP) is 2.84. The van der Waals surface area contributed by atoms with Crippen LogP contribution in [-0.2, 0) is 20.2 Å². The van der Waals surface area contributed by atoms with E-state index in [4.69, 9.17) is 4.98 Å². The Morgan fingerprint density at radius 3 is 2.43 bits per heavy atom. The number of carbonyl (C=O) groups excluding carboxylic acids is 1. The predicted molar refractivity (Wildman–Crippen MR) is 131 cm³/mol. The highest BCUT2D eigenvalue weighted by Gasteiger charge is 2.61. The summed E-state index contributed by atoms with van der Waals surface area (Å²) in [6, 6.07) is 0.429. The molecule has 2 saturated carbocycles. The van der Waals surface area contributed by atoms with Gasteiger partial charge in [-0.15, -0.1) is 0 Å². The first kappa shape index (κ1) is 22.9. The third kappa shape index (κ3) is 3.74. The number of carbonyl (C=O) groups is 1. The van der Waals surface area contributed by atoms with Crippen molar-refractivity contribution in [2.24, 2.45) is 0 Å². The Bertz CT molecular complexity index is 1240. The van der Waals surface area contributed by atoms with Gasteiger partial charge < -0.3 is 5.32 Å². The number of fused-ring (bicyclic) bond motifs is 2. The zero-order valence-corrected chi connectivity index (χ0v) is 21.2. The van der Waals surface area contributed by atoms with Crippen molar-refractivity contribution in [1.82, 2.24) is 24.1 Å². The van der Waals surface area contributed by atoms with Crippen LogP contribution in [0.4, 0.5) is 11.8 Å². The van der Waals surface area contributed by atoms with Crippen molar-refractivity contribution >= 4 is 27.7 Å². The Labute approximate surface area is 206 Å². The average Bonchev–Trinajstić information content (AvgIpc) is 3.17. The summed E-state index contributed by atoms with van der Waals surface area (Å²) in [4.78, 5) is 24.9. The molecule has 1 N–H and O–H groups in total. The van der Waals surface area contributed by atoms with Crippen molar-refractivity contribution in [3.8, 4) is 0 Å². The molecule has 0 aromatic carbocycles. The number of nitrogens with zero attached hydrogens (tertiary/aromatic N) is 6. The van der Waals surface area contributed by atoms with Gasteiger partial charge in [-0.25, -0.2) is 13.4 Å². The molecule has 3 fully saturated rings. The molecule has 2 aromatic rings. The SMILES string of the molecule is CC(C)n1cc(S(=O)(=O)N2CCC(Nc3ncc4c(n3)N(C3CCCC3)C(=O)C43CC3)CC2)cn1. The van der Waals surface area contributed by atoms with Gasteiger partial charge in [0.25, 0.3) is 0 Å². The highest BCUT2D eigenvalue weighted by atomic mass is 32.2. The van der Waals surface area contributed by atoms with Gasteiger partial charge in [0.15, 0.2) is 0 Å². The van der Waals surface area contributed by atoms with Gasteiger partial charge in [-0.2, -0.15) is 14.4 Å². The number of aromatic nitrogens is 4. The van der Waals surface area contributed by atoms with Gasteiger partial charge in [0.1, 0.15) is 10.7 Å². The Morgan fingerprint density at radius 2 is 1.80 bits per heavy atom. The number of sulfonamides is 1. The standard InChI is InChI=1S/C24H33N7O3S/c1-16(2)30-15-19(13-26-30)35(33,34)29-11-7-17(8-12-29)27-23-25-14-20-21(28-23)31(18-5-3-4-6-18)22(32)24(20)9-10-24/h13-18H,3-12H2,1-2H3,(H,25,27,28). The molecule has 4 heterocycles. The van der Waals surface area contributed by atoms with E-state index in [2.05, 4.69) is 15.4 Å². The summed E-state index contributed by atoms with van der Waals surface area (Å²) in [5.74, 6) is 1.53. The summed E-state index contributed by atoms with van der Waals surface area (Å²) < 4.78 is 29.3. The van der Waals surface area contributed by atoms with E-state index in [1.165, 1.54) is 10.5 Å². The maximum Gasteiger partial charge on any atom is 0.246 e. The molecule has 1 saturated heterocycles. The van der Waals surface area contributed by atoms with Crippen LogP contribution in [0.2, 0.25) is 0 Å². The number of anilines is 2. The molecule has 0 radical (unpaired) electrons. The van der Waals surface area contributed by atoms with Crippen molar-refractivity contribution in [3.63, 3.8) is 0 Å². The molecule has 1 amide bonds. The summed E-state index contributed by atoms with van der Waals surface area (Å²) >= 11 is 0. The summed E-state index contributed by atoms with van der Waals surface area (Å²) in [5, 5.41) is 7.60. The number of amides is 1. The second-order valence-corrected chi connectivity index (χ2v) is 12.6. The van der Waals surface area contributed by atoms with Gasteiger partial charge in [0, 0.05) is 49.2 Å². The molecule has 35 heavy (non-hydrogen) atoms. The minimum atomic E-state index is -3.56. The van der Waals surface area contributed by atoms with Crippen molar-refractivity contribution < 1.29 is 13.2 Å². The van der Waals surface area contributed by atoms with Crippen LogP contribution < -0.4 is 10.2 Å². The van der Waals surface area contributed by atoms with Crippen LogP contribution in [-0.4, -0.2) is 63.6 Å². The van der Waals surface area contributed by atoms with Crippen LogP contribution in [0.1, 0.15) is 76.8 Å². The van der Waals surface area contributed by atoms with Gasteiger partial charge in [0.2, 0.25) is 21.9 Å². The lowest BCUT2D eigenvalue weighted by molar-refractivity contribution is -0.120. The highest BCUT2D eigenvalue weighted by molar-refractivity contribution is 7.89. The fourth-order valence-corrected chi connectivity index (χ4v) is 7.23. The van der Waals surface area contributed by atoms with Gasteiger partial charge in [0.05, 0.1) is 11.6 Å². The van der Waals surface area contributed by atoms with E-state index in [1.807, 2.05) is 24.9 Å². The second-order valence-electron chi connectivity index (χ2n) is 10.7. The Hall–Kier alpha value is -2.53. The van der Waals surface area contributed by atoms with Crippen LogP contribution in [0, 0.1) is 0 Å². The van der Waals surface area contributed by atoms with E-state index in [9.17, 15) is 13.2 Å². The molecular weight excluding hydrogens is 466 g/mol. The summed E-state index contributed by atoms with van der Waals surface area (Å²) in [5.41, 5.74) is 0.613. The molecule has 0 unspecified atom stereocenters. The molecule has 188 valence electrons. The van der Waals surface area contributed by atoms with Crippen molar-refractivity contribution in [2.75, 3.05) is 23.3 Å². The highest BCUT2D eigenvalue weighted by Crippen LogP contribution is 2.57. The largest absolute Gasteiger partial charge is 0.351 e. The van der Waals surface area contributed by atoms with Crippen LogP contribution in [0.15, 0.2) is 23.5 Å². The van der Waals surface area contributed by atoms with Crippen molar-refractivity contribution in [3.05, 3.63) is 24.2 Å². The van der Waals surface area contributed by atoms with E-state index in [0.29, 0.717) is 31.9 Å². The van der Waals surface area contributed by atoms with Crippen LogP contribution in [0.5, 0.6) is 0 Å². The summed E-state index contributed by atoms with van der Waals surface area (Å²) in [7, 11) is -3.56. The molecule has 0 bridgehead atoms. The lowest BCUT2D eigenvalue weighted by atomic mass is 10.0. The first-order valence-electron chi connectivity index (χ1n) is 12.8. The van der Waals surface area contributed by atoms with E-state index in [1.54, 1.807) is 10.9 Å². The first-order chi connectivity index (χ1) is 16.8. The van der Waals surface area contributed by atoms with E-state index >= 15 is 0 Å². The monoisotopic (exact) mass is 499 g/mol. The first-order valence-corrected chi connectivity index (χ1v) is 14.3. The maximum atomic E-state index is 13.3. The van der Waals surface area contributed by atoms with E-state index in [-0.39, 0.29) is 34.3 Å². The zero-order valence-electron chi connectivity index (χ0n) is 20.4. The molecule has 10 nitrogen and oxygen atoms in total. The number of hydrogen-bond acceptors (Lipinski definition) is 7. The molecule has 2 aromatic heterocycles. The second kappa shape index (κ2) is 8.26.